The number of fused-ring (bicyclic) bond motifs is 2. The molecule has 35 N–H and O–H groups in total. The molecule has 49 nitrogen and oxygen atoms in total. The van der Waals surface area contributed by atoms with Gasteiger partial charge in [0, 0.05) is 60.0 Å². The Kier molecular flexibility index (Phi) is 51.7. The molecule has 0 aliphatic carbocycles. The van der Waals surface area contributed by atoms with E-state index in [-0.39, 0.29) is 95.9 Å². The number of aliphatic hydroxyl groups excluding tert-OH is 1. The summed E-state index contributed by atoms with van der Waals surface area (Å²) in [6, 6.07) is -7.32. The number of nitrogens with one attached hydrogen (secondary N) is 20. The summed E-state index contributed by atoms with van der Waals surface area (Å²) in [5.74, 6) is -24.2. The molecule has 50 heteroatoms. The van der Waals surface area contributed by atoms with Crippen LogP contribution in [-0.4, -0.2) is 284 Å². The number of carbonyl (C=O) groups excluding carboxylic acids is 19. The summed E-state index contributed by atoms with van der Waals surface area (Å²) in [6.07, 6.45) is 2.64. The molecule has 0 bridgehead atoms. The van der Waals surface area contributed by atoms with Crippen LogP contribution in [-0.2, 0) is 115 Å². The minimum atomic E-state index is -2.00. The van der Waals surface area contributed by atoms with Crippen LogP contribution in [0.15, 0.2) is 85.2 Å². The highest BCUT2D eigenvalue weighted by Gasteiger charge is 2.42. The van der Waals surface area contributed by atoms with Crippen molar-refractivity contribution in [1.82, 2.24) is 100 Å². The number of carbonyl (C=O) groups is 20. The van der Waals surface area contributed by atoms with Gasteiger partial charge in [0.15, 0.2) is 5.96 Å². The number of H-pyrrole nitrogens is 2. The molecular weight excluding hydrogens is 1940 g/mol. The molecule has 2 heterocycles. The highest BCUT2D eigenvalue weighted by atomic mass is 32.2. The van der Waals surface area contributed by atoms with Crippen molar-refractivity contribution in [1.29, 1.82) is 5.41 Å². The first-order valence-electron chi connectivity index (χ1n) is 49.3. The number of para-hydroxylation sites is 2. The normalized spacial score (nSPS) is 15.4. The Bertz CT molecular complexity index is 5410. The van der Waals surface area contributed by atoms with Crippen LogP contribution in [0.4, 0.5) is 0 Å². The number of phenols is 1. The van der Waals surface area contributed by atoms with Crippen molar-refractivity contribution in [2.75, 3.05) is 31.7 Å². The number of aromatic nitrogens is 2. The lowest BCUT2D eigenvalue weighted by atomic mass is 9.94. The van der Waals surface area contributed by atoms with Gasteiger partial charge < -0.3 is 150 Å². The summed E-state index contributed by atoms with van der Waals surface area (Å²) in [7, 11) is 0. The van der Waals surface area contributed by atoms with Crippen molar-refractivity contribution in [3.05, 3.63) is 102 Å². The first kappa shape index (κ1) is 124. The average Bonchev–Trinajstić information content (AvgIpc) is 1.66. The van der Waals surface area contributed by atoms with Crippen molar-refractivity contribution in [2.24, 2.45) is 64.0 Å². The zero-order chi connectivity index (χ0) is 111. The molecule has 0 aliphatic heterocycles. The maximum Gasteiger partial charge on any atom is 0.326 e. The highest BCUT2D eigenvalue weighted by Crippen LogP contribution is 2.25. The predicted octanol–water partition coefficient (Wildman–Crippen LogP) is -3.80. The zero-order valence-electron chi connectivity index (χ0n) is 85.8. The van der Waals surface area contributed by atoms with E-state index in [9.17, 15) is 87.2 Å². The second-order valence-electron chi connectivity index (χ2n) is 37.7. The summed E-state index contributed by atoms with van der Waals surface area (Å²) in [6.45, 7) is 17.7. The minimum absolute atomic E-state index is 0.0175. The Balaban J connectivity index is 1.39. The van der Waals surface area contributed by atoms with Crippen molar-refractivity contribution >= 4 is 158 Å². The number of thioether (sulfide) groups is 1. The molecular formula is C98H150N26O23S. The van der Waals surface area contributed by atoms with Crippen LogP contribution < -0.4 is 125 Å². The molecule has 0 spiro atoms. The summed E-state index contributed by atoms with van der Waals surface area (Å²) in [5.41, 5.74) is 36.9. The molecule has 0 saturated carbocycles. The second kappa shape index (κ2) is 61.8. The van der Waals surface area contributed by atoms with Gasteiger partial charge in [0.1, 0.15) is 102 Å². The average molecular weight is 2090 g/mol. The molecule has 5 rings (SSSR count). The molecule has 816 valence electrons. The Morgan fingerprint density at radius 3 is 1.12 bits per heavy atom. The van der Waals surface area contributed by atoms with Crippen LogP contribution in [0.25, 0.3) is 21.8 Å². The van der Waals surface area contributed by atoms with E-state index in [1.807, 2.05) is 0 Å². The lowest BCUT2D eigenvalue weighted by Gasteiger charge is -2.31. The lowest BCUT2D eigenvalue weighted by Crippen LogP contribution is -2.63. The van der Waals surface area contributed by atoms with Crippen molar-refractivity contribution in [3.8, 4) is 5.75 Å². The van der Waals surface area contributed by atoms with Crippen LogP contribution >= 0.6 is 11.8 Å². The molecule has 3 aromatic carbocycles. The van der Waals surface area contributed by atoms with E-state index in [0.29, 0.717) is 50.7 Å². The quantitative estimate of drug-likeness (QED) is 0.0101. The van der Waals surface area contributed by atoms with Gasteiger partial charge in [-0.2, -0.15) is 11.8 Å². The van der Waals surface area contributed by atoms with Crippen molar-refractivity contribution in [2.45, 2.75) is 289 Å². The lowest BCUT2D eigenvalue weighted by molar-refractivity contribution is -0.143. The fourth-order valence-electron chi connectivity index (χ4n) is 15.7. The Morgan fingerprint density at radius 2 is 0.723 bits per heavy atom. The molecule has 20 atom stereocenters. The van der Waals surface area contributed by atoms with E-state index in [0.717, 1.165) is 6.92 Å². The molecule has 2 aromatic heterocycles. The van der Waals surface area contributed by atoms with E-state index < -0.39 is 282 Å². The number of aromatic amines is 2. The van der Waals surface area contributed by atoms with Crippen molar-refractivity contribution in [3.63, 3.8) is 0 Å². The summed E-state index contributed by atoms with van der Waals surface area (Å²) in [4.78, 5) is 288. The fraction of sp³-hybridized carbons (Fsp3) is 0.561. The number of nitrogens with two attached hydrogens (primary N) is 6. The van der Waals surface area contributed by atoms with Gasteiger partial charge in [-0.15, -0.1) is 0 Å². The number of hydrogen-bond acceptors (Lipinski definition) is 26. The fourth-order valence-corrected chi connectivity index (χ4v) is 16.2. The van der Waals surface area contributed by atoms with E-state index in [2.05, 4.69) is 100 Å². The molecule has 0 unspecified atom stereocenters. The maximum absolute atomic E-state index is 15.3. The van der Waals surface area contributed by atoms with Gasteiger partial charge in [-0.1, -0.05) is 137 Å². The van der Waals surface area contributed by atoms with Gasteiger partial charge >= 0.3 is 5.97 Å². The van der Waals surface area contributed by atoms with Crippen molar-refractivity contribution < 1.29 is 111 Å². The van der Waals surface area contributed by atoms with Gasteiger partial charge in [-0.05, 0) is 148 Å². The number of aliphatic hydroxyl groups is 1. The molecule has 148 heavy (non-hydrogen) atoms. The monoisotopic (exact) mass is 2090 g/mol. The maximum atomic E-state index is 15.3. The van der Waals surface area contributed by atoms with E-state index in [1.165, 1.54) is 43.0 Å². The van der Waals surface area contributed by atoms with Gasteiger partial charge in [0.2, 0.25) is 112 Å². The number of unbranched alkanes of at least 4 members (excludes halogenated alkanes) is 1. The third kappa shape index (κ3) is 40.3. The number of hydrogen-bond donors (Lipinski definition) is 29. The van der Waals surface area contributed by atoms with E-state index in [4.69, 9.17) is 39.8 Å². The standard InChI is InChI=1S/C98H150N26O23S/c1-14-50(8)78(122-84(133)64(28-21-22-35-99)111-90(139)71(43-75(102)128)115-83(132)61(100)34-37-148-13)94(143)118-67(39-55-30-32-58(126)33-31-55)88(137)112-65(29-23-36-106-98(104)105)85(134)123-80(52(10)16-3)96(145)124-79(51(9)15-2)95(144)119-68(40-56-45-107-62-26-19-17-24-59(56)62)89(138)117-72(44-76(103)129)91(140)120-73(47-125)93(142)110-54(12)81(130)113-66(38-48(4)5)87(136)116-70(42-74(101)127)86(135)109-53(11)82(131)114-69(92(141)121-77(49(6)7)97(146)147)41-57-46-108-63-27-20-18-25-60(57)63/h17-20,24-27,30-33,45-46,48-54,61,64-73,77-80,107-108,125-126H,14-16,21-23,28-29,34-44,47,99-100H2,1-13H3,(H2,101,127)(H2,102,128)(H2,103,129)(H,109,135)(H,110,142)(H,111,139)(H,112,137)(H,113,130)(H,114,131)(H,115,132)(H,116,136)(H,117,138)(H,118,143)(H,119,144)(H,120,140)(H,121,141)(H,122,133)(H,123,134)(H,124,145)(H,146,147)(H4,104,105,106)/t50-,51-,52-,53-,54-,61-,64-,65-,66-,67-,68-,69-,70-,71-,72-,73-,77-,78-,79-,80-/m0/s1. The van der Waals surface area contributed by atoms with Crippen LogP contribution in [0, 0.1) is 35.0 Å². The van der Waals surface area contributed by atoms with Crippen LogP contribution in [0.5, 0.6) is 5.75 Å². The number of guanidine groups is 1. The Hall–Kier alpha value is -14.6. The summed E-state index contributed by atoms with van der Waals surface area (Å²) in [5, 5.41) is 83.3. The number of aliphatic carboxylic acids is 1. The number of rotatable bonds is 66. The first-order valence-corrected chi connectivity index (χ1v) is 50.7. The molecule has 0 radical (unpaired) electrons. The number of carboxylic acid groups (broad SMARTS) is 1. The van der Waals surface area contributed by atoms with Gasteiger partial charge in [-0.3, -0.25) is 96.5 Å². The molecule has 0 aliphatic rings. The van der Waals surface area contributed by atoms with Crippen LogP contribution in [0.3, 0.4) is 0 Å². The number of aromatic hydroxyl groups is 1. The number of carboxylic acids is 1. The Labute approximate surface area is 862 Å². The van der Waals surface area contributed by atoms with Gasteiger partial charge in [0.05, 0.1) is 31.9 Å². The number of benzene rings is 3. The van der Waals surface area contributed by atoms with Gasteiger partial charge in [-0.25, -0.2) is 4.79 Å². The minimum Gasteiger partial charge on any atom is -0.508 e. The third-order valence-corrected chi connectivity index (χ3v) is 25.7. The van der Waals surface area contributed by atoms with Crippen LogP contribution in [0.2, 0.25) is 0 Å². The SMILES string of the molecule is CC[C@H](C)[C@H](NC(=O)[C@H](CCCCN)NC(=O)[C@H](CC(N)=O)NC(=O)[C@@H](N)CCSC)C(=O)N[C@@H](Cc1ccc(O)cc1)C(=O)N[C@@H](CCCNC(=N)N)C(=O)N[C@H](C(=O)N[C@H](C(=O)N[C@@H](Cc1c[nH]c2ccccc12)C(=O)N[C@@H](CC(N)=O)C(=O)N[C@@H](CO)C(=O)N[C@@H](C)C(=O)N[C@@H](CC(C)C)C(=O)N[C@@H](CC(N)=O)C(=O)N[C@@H](C)C(=O)N[C@@H](Cc1c[nH]c2ccccc12)C(=O)N[C@H](C(=O)O)C(C)C)[C@@H](C)CC)[C@@H](C)CC. The summed E-state index contributed by atoms with van der Waals surface area (Å²) >= 11 is 1.42. The van der Waals surface area contributed by atoms with Crippen LogP contribution in [0.1, 0.15) is 183 Å². The van der Waals surface area contributed by atoms with Gasteiger partial charge in [0.25, 0.3) is 0 Å². The number of phenolic OH excluding ortho intramolecular Hbond substituents is 1. The largest absolute Gasteiger partial charge is 0.508 e. The zero-order valence-corrected chi connectivity index (χ0v) is 86.6. The second-order valence-corrected chi connectivity index (χ2v) is 38.7. The third-order valence-electron chi connectivity index (χ3n) is 25.0. The highest BCUT2D eigenvalue weighted by molar-refractivity contribution is 7.98. The van der Waals surface area contributed by atoms with E-state index >= 15 is 24.0 Å². The Morgan fingerprint density at radius 1 is 0.385 bits per heavy atom. The van der Waals surface area contributed by atoms with E-state index in [1.54, 1.807) is 136 Å². The summed E-state index contributed by atoms with van der Waals surface area (Å²) < 4.78 is 0. The molecule has 5 aromatic rings. The molecule has 0 fully saturated rings. The number of primary amides is 3. The molecule has 19 amide bonds. The molecule has 0 saturated heterocycles. The predicted molar refractivity (Wildman–Crippen MR) is 550 cm³/mol. The smallest absolute Gasteiger partial charge is 0.326 e. The topological polar surface area (TPSA) is 818 Å². The number of amides is 19. The first-order chi connectivity index (χ1) is 69.9.